The molecule has 0 spiro atoms. The molecule has 0 radical (unpaired) electrons. The standard InChI is InChI=1S/C19H18N2OS/c1-13(17-9-5-7-15-6-3-4-8-18(15)17)20-19(22)11-10-16-12-23-14(2)21-16/h3-13H,1-2H3,(H,20,22)/b11-10+. The van der Waals surface area contributed by atoms with Crippen molar-refractivity contribution in [1.29, 1.82) is 0 Å². The number of fused-ring (bicyclic) bond motifs is 1. The third-order valence-corrected chi connectivity index (χ3v) is 4.48. The molecule has 4 heteroatoms. The number of nitrogens with one attached hydrogen (secondary N) is 1. The van der Waals surface area contributed by atoms with Gasteiger partial charge in [-0.05, 0) is 36.3 Å². The Kier molecular flexibility index (Phi) is 4.53. The number of benzene rings is 2. The van der Waals surface area contributed by atoms with Gasteiger partial charge in [0.15, 0.2) is 0 Å². The molecule has 0 saturated heterocycles. The Morgan fingerprint density at radius 2 is 2.00 bits per heavy atom. The summed E-state index contributed by atoms with van der Waals surface area (Å²) in [5.41, 5.74) is 1.94. The lowest BCUT2D eigenvalue weighted by Crippen LogP contribution is -2.24. The van der Waals surface area contributed by atoms with Crippen LogP contribution in [0.1, 0.15) is 29.2 Å². The summed E-state index contributed by atoms with van der Waals surface area (Å²) in [6, 6.07) is 14.3. The lowest BCUT2D eigenvalue weighted by molar-refractivity contribution is -0.117. The van der Waals surface area contributed by atoms with Gasteiger partial charge in [0.2, 0.25) is 5.91 Å². The van der Waals surface area contributed by atoms with Crippen molar-refractivity contribution in [2.75, 3.05) is 0 Å². The molecule has 1 unspecified atom stereocenters. The van der Waals surface area contributed by atoms with Crippen LogP contribution >= 0.6 is 11.3 Å². The fourth-order valence-corrected chi connectivity index (χ4v) is 3.17. The van der Waals surface area contributed by atoms with E-state index in [1.807, 2.05) is 37.4 Å². The zero-order chi connectivity index (χ0) is 16.2. The number of nitrogens with zero attached hydrogens (tertiary/aromatic N) is 1. The van der Waals surface area contributed by atoms with Gasteiger partial charge < -0.3 is 5.32 Å². The number of aryl methyl sites for hydroxylation is 1. The van der Waals surface area contributed by atoms with Crippen molar-refractivity contribution < 1.29 is 4.79 Å². The van der Waals surface area contributed by atoms with Gasteiger partial charge >= 0.3 is 0 Å². The Balaban J connectivity index is 1.74. The molecule has 1 atom stereocenters. The van der Waals surface area contributed by atoms with Crippen molar-refractivity contribution in [3.05, 3.63) is 70.2 Å². The zero-order valence-corrected chi connectivity index (χ0v) is 13.9. The molecule has 116 valence electrons. The molecule has 0 fully saturated rings. The molecule has 1 heterocycles. The Hall–Kier alpha value is -2.46. The predicted molar refractivity (Wildman–Crippen MR) is 96.4 cm³/mol. The topological polar surface area (TPSA) is 42.0 Å². The van der Waals surface area contributed by atoms with Gasteiger partial charge in [-0.25, -0.2) is 4.98 Å². The third-order valence-electron chi connectivity index (χ3n) is 3.69. The number of hydrogen-bond acceptors (Lipinski definition) is 3. The summed E-state index contributed by atoms with van der Waals surface area (Å²) >= 11 is 1.57. The number of carbonyl (C=O) groups is 1. The molecule has 0 bridgehead atoms. The molecular weight excluding hydrogens is 304 g/mol. The number of thiazole rings is 1. The van der Waals surface area contributed by atoms with E-state index in [2.05, 4.69) is 34.6 Å². The van der Waals surface area contributed by atoms with Crippen LogP contribution in [-0.2, 0) is 4.79 Å². The molecule has 2 aromatic carbocycles. The second kappa shape index (κ2) is 6.75. The quantitative estimate of drug-likeness (QED) is 0.719. The van der Waals surface area contributed by atoms with Gasteiger partial charge in [-0.3, -0.25) is 4.79 Å². The maximum atomic E-state index is 12.1. The second-order valence-corrected chi connectivity index (χ2v) is 6.49. The number of hydrogen-bond donors (Lipinski definition) is 1. The average Bonchev–Trinajstić information content (AvgIpc) is 2.98. The van der Waals surface area contributed by atoms with Crippen molar-refractivity contribution >= 4 is 34.1 Å². The number of amides is 1. The van der Waals surface area contributed by atoms with Crippen LogP contribution in [0.2, 0.25) is 0 Å². The first-order valence-corrected chi connectivity index (χ1v) is 8.40. The van der Waals surface area contributed by atoms with Crippen molar-refractivity contribution in [1.82, 2.24) is 10.3 Å². The molecule has 0 aliphatic carbocycles. The molecule has 0 aliphatic heterocycles. The van der Waals surface area contributed by atoms with E-state index in [9.17, 15) is 4.79 Å². The number of carbonyl (C=O) groups excluding carboxylic acids is 1. The van der Waals surface area contributed by atoms with Crippen LogP contribution in [0, 0.1) is 6.92 Å². The Bertz CT molecular complexity index is 861. The lowest BCUT2D eigenvalue weighted by Gasteiger charge is -2.15. The normalized spacial score (nSPS) is 12.6. The fourth-order valence-electron chi connectivity index (χ4n) is 2.59. The van der Waals surface area contributed by atoms with E-state index in [-0.39, 0.29) is 11.9 Å². The Labute approximate surface area is 139 Å². The Morgan fingerprint density at radius 3 is 2.78 bits per heavy atom. The summed E-state index contributed by atoms with van der Waals surface area (Å²) in [4.78, 5) is 16.4. The summed E-state index contributed by atoms with van der Waals surface area (Å²) in [6.07, 6.45) is 3.28. The minimum absolute atomic E-state index is 0.0598. The van der Waals surface area contributed by atoms with Gasteiger partial charge in [-0.15, -0.1) is 11.3 Å². The molecule has 1 N–H and O–H groups in total. The van der Waals surface area contributed by atoms with Crippen LogP contribution in [0.25, 0.3) is 16.8 Å². The maximum absolute atomic E-state index is 12.1. The largest absolute Gasteiger partial charge is 0.346 e. The highest BCUT2D eigenvalue weighted by molar-refractivity contribution is 7.09. The minimum atomic E-state index is -0.115. The highest BCUT2D eigenvalue weighted by atomic mass is 32.1. The first kappa shape index (κ1) is 15.4. The van der Waals surface area contributed by atoms with Crippen LogP contribution in [0.3, 0.4) is 0 Å². The molecule has 1 amide bonds. The van der Waals surface area contributed by atoms with Crippen LogP contribution in [0.4, 0.5) is 0 Å². The van der Waals surface area contributed by atoms with E-state index in [1.165, 1.54) is 16.8 Å². The summed E-state index contributed by atoms with van der Waals surface area (Å²) in [7, 11) is 0. The first-order chi connectivity index (χ1) is 11.1. The van der Waals surface area contributed by atoms with E-state index >= 15 is 0 Å². The van der Waals surface area contributed by atoms with Crippen LogP contribution in [0.5, 0.6) is 0 Å². The highest BCUT2D eigenvalue weighted by Crippen LogP contribution is 2.24. The van der Waals surface area contributed by atoms with E-state index in [1.54, 1.807) is 17.4 Å². The molecule has 3 nitrogen and oxygen atoms in total. The van der Waals surface area contributed by atoms with Crippen LogP contribution in [-0.4, -0.2) is 10.9 Å². The van der Waals surface area contributed by atoms with Gasteiger partial charge in [0.1, 0.15) is 0 Å². The Morgan fingerprint density at radius 1 is 1.22 bits per heavy atom. The van der Waals surface area contributed by atoms with E-state index < -0.39 is 0 Å². The predicted octanol–water partition coefficient (Wildman–Crippen LogP) is 4.50. The van der Waals surface area contributed by atoms with Crippen molar-refractivity contribution in [3.63, 3.8) is 0 Å². The average molecular weight is 322 g/mol. The van der Waals surface area contributed by atoms with Gasteiger partial charge in [-0.1, -0.05) is 42.5 Å². The fraction of sp³-hybridized carbons (Fsp3) is 0.158. The summed E-state index contributed by atoms with van der Waals surface area (Å²) in [6.45, 7) is 3.95. The number of rotatable bonds is 4. The van der Waals surface area contributed by atoms with Crippen molar-refractivity contribution in [3.8, 4) is 0 Å². The minimum Gasteiger partial charge on any atom is -0.346 e. The van der Waals surface area contributed by atoms with Gasteiger partial charge in [0.05, 0.1) is 16.7 Å². The van der Waals surface area contributed by atoms with Crippen LogP contribution < -0.4 is 5.32 Å². The molecule has 23 heavy (non-hydrogen) atoms. The number of aromatic nitrogens is 1. The second-order valence-electron chi connectivity index (χ2n) is 5.42. The molecule has 0 saturated carbocycles. The first-order valence-electron chi connectivity index (χ1n) is 7.52. The molecular formula is C19H18N2OS. The summed E-state index contributed by atoms with van der Waals surface area (Å²) in [5, 5.41) is 8.30. The third kappa shape index (κ3) is 3.66. The lowest BCUT2D eigenvalue weighted by atomic mass is 10.00. The van der Waals surface area contributed by atoms with Gasteiger partial charge in [-0.2, -0.15) is 0 Å². The van der Waals surface area contributed by atoms with E-state index in [0.717, 1.165) is 16.3 Å². The summed E-state index contributed by atoms with van der Waals surface area (Å²) in [5.74, 6) is -0.115. The van der Waals surface area contributed by atoms with Crippen molar-refractivity contribution in [2.45, 2.75) is 19.9 Å². The van der Waals surface area contributed by atoms with Crippen molar-refractivity contribution in [2.24, 2.45) is 0 Å². The van der Waals surface area contributed by atoms with Gasteiger partial charge in [0, 0.05) is 11.5 Å². The molecule has 1 aromatic heterocycles. The summed E-state index contributed by atoms with van der Waals surface area (Å²) < 4.78 is 0. The van der Waals surface area contributed by atoms with Gasteiger partial charge in [0.25, 0.3) is 0 Å². The monoisotopic (exact) mass is 322 g/mol. The smallest absolute Gasteiger partial charge is 0.244 e. The SMILES string of the molecule is Cc1nc(/C=C/C(=O)NC(C)c2cccc3ccccc23)cs1. The van der Waals surface area contributed by atoms with E-state index in [4.69, 9.17) is 0 Å². The zero-order valence-electron chi connectivity index (χ0n) is 13.1. The van der Waals surface area contributed by atoms with Crippen LogP contribution in [0.15, 0.2) is 53.9 Å². The molecule has 3 rings (SSSR count). The highest BCUT2D eigenvalue weighted by Gasteiger charge is 2.10. The maximum Gasteiger partial charge on any atom is 0.244 e. The molecule has 0 aliphatic rings. The van der Waals surface area contributed by atoms with E-state index in [0.29, 0.717) is 0 Å². The molecule has 3 aromatic rings.